The van der Waals surface area contributed by atoms with Crippen molar-refractivity contribution in [3.8, 4) is 10.6 Å². The standard InChI is InChI=1S/C20H22N4OS3/c25-19(15-28-20-21-6-4-17(22-20)18-3-1-11-27-18)24-8-2-7-23(9-10-24)13-16-5-12-26-14-16/h1,3-6,11-12,14H,2,7-10,13,15H2. The maximum absolute atomic E-state index is 12.7. The van der Waals surface area contributed by atoms with Crippen molar-refractivity contribution in [1.82, 2.24) is 19.8 Å². The number of rotatable bonds is 6. The molecule has 8 heteroatoms. The summed E-state index contributed by atoms with van der Waals surface area (Å²) in [6.45, 7) is 4.56. The molecule has 1 amide bonds. The Bertz CT molecular complexity index is 883. The molecule has 4 heterocycles. The summed E-state index contributed by atoms with van der Waals surface area (Å²) >= 11 is 4.82. The quantitative estimate of drug-likeness (QED) is 0.435. The van der Waals surface area contributed by atoms with Crippen LogP contribution >= 0.6 is 34.4 Å². The molecular formula is C20H22N4OS3. The van der Waals surface area contributed by atoms with E-state index in [-0.39, 0.29) is 5.91 Å². The highest BCUT2D eigenvalue weighted by molar-refractivity contribution is 7.99. The minimum atomic E-state index is 0.174. The molecule has 146 valence electrons. The van der Waals surface area contributed by atoms with Crippen molar-refractivity contribution in [1.29, 1.82) is 0 Å². The molecule has 0 unspecified atom stereocenters. The van der Waals surface area contributed by atoms with Gasteiger partial charge in [0.25, 0.3) is 0 Å². The number of hydrogen-bond donors (Lipinski definition) is 0. The van der Waals surface area contributed by atoms with E-state index < -0.39 is 0 Å². The highest BCUT2D eigenvalue weighted by Gasteiger charge is 2.19. The van der Waals surface area contributed by atoms with Crippen LogP contribution in [0.15, 0.2) is 51.8 Å². The second-order valence-electron chi connectivity index (χ2n) is 6.63. The average Bonchev–Trinajstić information content (AvgIpc) is 3.38. The van der Waals surface area contributed by atoms with Crippen molar-refractivity contribution in [2.75, 3.05) is 31.9 Å². The van der Waals surface area contributed by atoms with Gasteiger partial charge < -0.3 is 4.90 Å². The van der Waals surface area contributed by atoms with Crippen molar-refractivity contribution in [3.63, 3.8) is 0 Å². The van der Waals surface area contributed by atoms with E-state index in [9.17, 15) is 4.79 Å². The zero-order valence-corrected chi connectivity index (χ0v) is 17.9. The number of amides is 1. The van der Waals surface area contributed by atoms with Crippen LogP contribution < -0.4 is 0 Å². The molecule has 3 aromatic rings. The second kappa shape index (κ2) is 9.65. The Kier molecular flexibility index (Phi) is 6.74. The van der Waals surface area contributed by atoms with Crippen LogP contribution in [0, 0.1) is 0 Å². The van der Waals surface area contributed by atoms with Crippen LogP contribution in [0.5, 0.6) is 0 Å². The summed E-state index contributed by atoms with van der Waals surface area (Å²) in [7, 11) is 0. The van der Waals surface area contributed by atoms with Gasteiger partial charge in [0.05, 0.1) is 16.3 Å². The molecule has 0 radical (unpaired) electrons. The smallest absolute Gasteiger partial charge is 0.233 e. The first-order valence-corrected chi connectivity index (χ1v) is 12.1. The summed E-state index contributed by atoms with van der Waals surface area (Å²) in [5, 5.41) is 7.02. The minimum absolute atomic E-state index is 0.174. The van der Waals surface area contributed by atoms with Crippen molar-refractivity contribution < 1.29 is 4.79 Å². The SMILES string of the molecule is O=C(CSc1nccc(-c2cccs2)n1)N1CCCN(Cc2ccsc2)CC1. The molecule has 0 atom stereocenters. The molecule has 0 bridgehead atoms. The van der Waals surface area contributed by atoms with Crippen molar-refractivity contribution in [2.24, 2.45) is 0 Å². The van der Waals surface area contributed by atoms with Crippen LogP contribution in [0.25, 0.3) is 10.6 Å². The lowest BCUT2D eigenvalue weighted by atomic mass is 10.3. The Morgan fingerprint density at radius 1 is 1.14 bits per heavy atom. The van der Waals surface area contributed by atoms with Gasteiger partial charge in [0, 0.05) is 38.9 Å². The third-order valence-electron chi connectivity index (χ3n) is 4.66. The number of carbonyl (C=O) groups excluding carboxylic acids is 1. The lowest BCUT2D eigenvalue weighted by Gasteiger charge is -2.21. The van der Waals surface area contributed by atoms with Crippen LogP contribution in [0.2, 0.25) is 0 Å². The molecule has 0 aliphatic carbocycles. The van der Waals surface area contributed by atoms with E-state index in [0.717, 1.165) is 49.7 Å². The van der Waals surface area contributed by atoms with Gasteiger partial charge in [0.15, 0.2) is 5.16 Å². The summed E-state index contributed by atoms with van der Waals surface area (Å²) in [4.78, 5) is 27.2. The van der Waals surface area contributed by atoms with Gasteiger partial charge in [0.1, 0.15) is 0 Å². The molecule has 0 aromatic carbocycles. The molecule has 3 aromatic heterocycles. The fourth-order valence-corrected chi connectivity index (χ4v) is 5.30. The van der Waals surface area contributed by atoms with Gasteiger partial charge in [-0.3, -0.25) is 9.69 Å². The van der Waals surface area contributed by atoms with Gasteiger partial charge in [-0.25, -0.2) is 9.97 Å². The molecule has 0 spiro atoms. The fraction of sp³-hybridized carbons (Fsp3) is 0.350. The van der Waals surface area contributed by atoms with Gasteiger partial charge >= 0.3 is 0 Å². The third-order valence-corrected chi connectivity index (χ3v) is 7.13. The highest BCUT2D eigenvalue weighted by atomic mass is 32.2. The Hall–Kier alpha value is -1.74. The minimum Gasteiger partial charge on any atom is -0.341 e. The van der Waals surface area contributed by atoms with Gasteiger partial charge in [-0.1, -0.05) is 17.8 Å². The highest BCUT2D eigenvalue weighted by Crippen LogP contribution is 2.24. The predicted molar refractivity (Wildman–Crippen MR) is 117 cm³/mol. The molecular weight excluding hydrogens is 408 g/mol. The van der Waals surface area contributed by atoms with Crippen LogP contribution in [0.1, 0.15) is 12.0 Å². The lowest BCUT2D eigenvalue weighted by Crippen LogP contribution is -2.36. The molecule has 4 rings (SSSR count). The largest absolute Gasteiger partial charge is 0.341 e. The third kappa shape index (κ3) is 5.20. The zero-order valence-electron chi connectivity index (χ0n) is 15.5. The Morgan fingerprint density at radius 3 is 2.93 bits per heavy atom. The molecule has 28 heavy (non-hydrogen) atoms. The second-order valence-corrected chi connectivity index (χ2v) is 9.30. The lowest BCUT2D eigenvalue weighted by molar-refractivity contribution is -0.128. The van der Waals surface area contributed by atoms with Crippen molar-refractivity contribution in [2.45, 2.75) is 18.1 Å². The van der Waals surface area contributed by atoms with Gasteiger partial charge in [0.2, 0.25) is 5.91 Å². The maximum Gasteiger partial charge on any atom is 0.233 e. The molecule has 1 aliphatic rings. The Morgan fingerprint density at radius 2 is 2.11 bits per heavy atom. The fourth-order valence-electron chi connectivity index (χ4n) is 3.21. The number of thiophene rings is 2. The van der Waals surface area contributed by atoms with Crippen LogP contribution in [0.4, 0.5) is 0 Å². The number of nitrogens with zero attached hydrogens (tertiary/aromatic N) is 4. The molecule has 1 saturated heterocycles. The van der Waals surface area contributed by atoms with Crippen LogP contribution in [-0.2, 0) is 11.3 Å². The topological polar surface area (TPSA) is 49.3 Å². The van der Waals surface area contributed by atoms with Crippen molar-refractivity contribution >= 4 is 40.3 Å². The van der Waals surface area contributed by atoms with E-state index in [1.165, 1.54) is 17.3 Å². The van der Waals surface area contributed by atoms with E-state index in [1.54, 1.807) is 28.9 Å². The molecule has 1 fully saturated rings. The van der Waals surface area contributed by atoms with Crippen LogP contribution in [-0.4, -0.2) is 57.6 Å². The van der Waals surface area contributed by atoms with E-state index in [4.69, 9.17) is 0 Å². The first-order chi connectivity index (χ1) is 13.8. The number of hydrogen-bond acceptors (Lipinski definition) is 7. The first-order valence-electron chi connectivity index (χ1n) is 9.29. The zero-order chi connectivity index (χ0) is 19.2. The van der Waals surface area contributed by atoms with E-state index in [2.05, 4.69) is 31.7 Å². The van der Waals surface area contributed by atoms with E-state index >= 15 is 0 Å². The summed E-state index contributed by atoms with van der Waals surface area (Å²) in [5.74, 6) is 0.561. The van der Waals surface area contributed by atoms with E-state index in [0.29, 0.717) is 10.9 Å². The first kappa shape index (κ1) is 19.6. The normalized spacial score (nSPS) is 15.5. The summed E-state index contributed by atoms with van der Waals surface area (Å²) in [5.41, 5.74) is 2.28. The molecule has 0 saturated carbocycles. The number of thioether (sulfide) groups is 1. The molecule has 0 N–H and O–H groups in total. The van der Waals surface area contributed by atoms with Crippen LogP contribution in [0.3, 0.4) is 0 Å². The predicted octanol–water partition coefficient (Wildman–Crippen LogP) is 4.09. The monoisotopic (exact) mass is 430 g/mol. The van der Waals surface area contributed by atoms with Gasteiger partial charge in [-0.05, 0) is 46.3 Å². The van der Waals surface area contributed by atoms with Gasteiger partial charge in [-0.2, -0.15) is 11.3 Å². The Labute approximate surface area is 177 Å². The summed E-state index contributed by atoms with van der Waals surface area (Å²) in [6.07, 6.45) is 2.79. The van der Waals surface area contributed by atoms with E-state index in [1.807, 2.05) is 28.5 Å². The maximum atomic E-state index is 12.7. The summed E-state index contributed by atoms with van der Waals surface area (Å²) in [6, 6.07) is 8.15. The Balaban J connectivity index is 1.29. The molecule has 5 nitrogen and oxygen atoms in total. The van der Waals surface area contributed by atoms with Gasteiger partial charge in [-0.15, -0.1) is 11.3 Å². The average molecular weight is 431 g/mol. The number of carbonyl (C=O) groups is 1. The summed E-state index contributed by atoms with van der Waals surface area (Å²) < 4.78 is 0. The van der Waals surface area contributed by atoms with Crippen molar-refractivity contribution in [3.05, 3.63) is 52.2 Å². The number of aromatic nitrogens is 2. The molecule has 1 aliphatic heterocycles.